The molecular weight excluding hydrogens is 182 g/mol. The lowest BCUT2D eigenvalue weighted by Gasteiger charge is -2.12. The van der Waals surface area contributed by atoms with Crippen molar-refractivity contribution in [2.45, 2.75) is 26.3 Å². The molecule has 5 nitrogen and oxygen atoms in total. The van der Waals surface area contributed by atoms with E-state index in [0.29, 0.717) is 6.54 Å². The van der Waals surface area contributed by atoms with Crippen molar-refractivity contribution < 1.29 is 9.59 Å². The number of likely N-dealkylation sites (N-methyl/N-ethyl adjacent to an activating group) is 1. The molecule has 82 valence electrons. The molecule has 1 unspecified atom stereocenters. The van der Waals surface area contributed by atoms with Crippen molar-refractivity contribution in [1.82, 2.24) is 16.0 Å². The van der Waals surface area contributed by atoms with Crippen molar-refractivity contribution >= 4 is 11.8 Å². The number of nitrogens with one attached hydrogen (secondary N) is 3. The molecule has 5 heteroatoms. The Labute approximate surface area is 84.6 Å². The van der Waals surface area contributed by atoms with Gasteiger partial charge < -0.3 is 10.6 Å². The number of carbonyl (C=O) groups is 2. The van der Waals surface area contributed by atoms with Crippen LogP contribution < -0.4 is 16.0 Å². The lowest BCUT2D eigenvalue weighted by atomic mass is 10.3. The molecule has 0 bridgehead atoms. The van der Waals surface area contributed by atoms with Crippen molar-refractivity contribution in [3.63, 3.8) is 0 Å². The van der Waals surface area contributed by atoms with Crippen LogP contribution in [0, 0.1) is 0 Å². The Balaban J connectivity index is 3.66. The Bertz CT molecular complexity index is 194. The quantitative estimate of drug-likeness (QED) is 0.529. The summed E-state index contributed by atoms with van der Waals surface area (Å²) in [7, 11) is 1.56. The summed E-state index contributed by atoms with van der Waals surface area (Å²) in [6.45, 7) is 4.55. The fourth-order valence-electron chi connectivity index (χ4n) is 0.828. The molecule has 0 aliphatic carbocycles. The molecule has 3 N–H and O–H groups in total. The van der Waals surface area contributed by atoms with Crippen LogP contribution in [0.5, 0.6) is 0 Å². The van der Waals surface area contributed by atoms with Gasteiger partial charge in [-0.2, -0.15) is 0 Å². The van der Waals surface area contributed by atoms with Gasteiger partial charge in [-0.15, -0.1) is 0 Å². The zero-order valence-electron chi connectivity index (χ0n) is 9.02. The van der Waals surface area contributed by atoms with E-state index < -0.39 is 0 Å². The fourth-order valence-corrected chi connectivity index (χ4v) is 0.828. The third-order valence-corrected chi connectivity index (χ3v) is 1.79. The average molecular weight is 201 g/mol. The zero-order valence-corrected chi connectivity index (χ0v) is 9.02. The van der Waals surface area contributed by atoms with Gasteiger partial charge in [0.05, 0.1) is 12.6 Å². The van der Waals surface area contributed by atoms with Gasteiger partial charge >= 0.3 is 0 Å². The number of rotatable bonds is 6. The highest BCUT2D eigenvalue weighted by molar-refractivity contribution is 5.83. The highest BCUT2D eigenvalue weighted by Gasteiger charge is 2.11. The van der Waals surface area contributed by atoms with Crippen LogP contribution in [-0.2, 0) is 9.59 Å². The van der Waals surface area contributed by atoms with Crippen LogP contribution in [0.15, 0.2) is 0 Å². The molecule has 2 amide bonds. The minimum Gasteiger partial charge on any atom is -0.358 e. The summed E-state index contributed by atoms with van der Waals surface area (Å²) >= 11 is 0. The second-order valence-corrected chi connectivity index (χ2v) is 3.07. The van der Waals surface area contributed by atoms with Gasteiger partial charge in [-0.25, -0.2) is 0 Å². The molecule has 0 radical (unpaired) electrons. The van der Waals surface area contributed by atoms with Crippen LogP contribution in [0.25, 0.3) is 0 Å². The van der Waals surface area contributed by atoms with E-state index in [1.54, 1.807) is 14.0 Å². The number of hydrogen-bond acceptors (Lipinski definition) is 3. The van der Waals surface area contributed by atoms with Gasteiger partial charge in [0, 0.05) is 13.6 Å². The summed E-state index contributed by atoms with van der Waals surface area (Å²) in [6, 6.07) is -0.334. The van der Waals surface area contributed by atoms with Gasteiger partial charge in [0.1, 0.15) is 0 Å². The molecule has 0 rings (SSSR count). The van der Waals surface area contributed by atoms with Gasteiger partial charge in [0.2, 0.25) is 11.8 Å². The Morgan fingerprint density at radius 3 is 2.50 bits per heavy atom. The smallest absolute Gasteiger partial charge is 0.236 e. The van der Waals surface area contributed by atoms with Crippen molar-refractivity contribution in [2.24, 2.45) is 0 Å². The second-order valence-electron chi connectivity index (χ2n) is 3.07. The van der Waals surface area contributed by atoms with E-state index in [0.717, 1.165) is 6.42 Å². The van der Waals surface area contributed by atoms with E-state index in [9.17, 15) is 9.59 Å². The highest BCUT2D eigenvalue weighted by atomic mass is 16.2. The summed E-state index contributed by atoms with van der Waals surface area (Å²) in [5, 5.41) is 8.03. The first-order chi connectivity index (χ1) is 6.61. The Kier molecular flexibility index (Phi) is 6.74. The van der Waals surface area contributed by atoms with Crippen LogP contribution in [0.4, 0.5) is 0 Å². The normalized spacial score (nSPS) is 11.9. The third kappa shape index (κ3) is 5.53. The summed E-state index contributed by atoms with van der Waals surface area (Å²) < 4.78 is 0. The van der Waals surface area contributed by atoms with Gasteiger partial charge in [0.15, 0.2) is 0 Å². The predicted octanol–water partition coefficient (Wildman–Crippen LogP) is -0.763. The largest absolute Gasteiger partial charge is 0.358 e. The standard InChI is InChI=1S/C9H19N3O2/c1-4-5-11-9(14)7(2)12-6-8(13)10-3/h7,12H,4-6H2,1-3H3,(H,10,13)(H,11,14). The Morgan fingerprint density at radius 2 is 2.00 bits per heavy atom. The van der Waals surface area contributed by atoms with Crippen LogP contribution in [0.1, 0.15) is 20.3 Å². The Hall–Kier alpha value is -1.10. The third-order valence-electron chi connectivity index (χ3n) is 1.79. The van der Waals surface area contributed by atoms with E-state index in [1.807, 2.05) is 6.92 Å². The van der Waals surface area contributed by atoms with Gasteiger partial charge in [-0.1, -0.05) is 6.92 Å². The van der Waals surface area contributed by atoms with Crippen molar-refractivity contribution in [3.8, 4) is 0 Å². The molecule has 0 fully saturated rings. The molecule has 0 aliphatic heterocycles. The minimum atomic E-state index is -0.334. The molecule has 1 atom stereocenters. The lowest BCUT2D eigenvalue weighted by Crippen LogP contribution is -2.45. The van der Waals surface area contributed by atoms with E-state index in [-0.39, 0.29) is 24.4 Å². The van der Waals surface area contributed by atoms with E-state index in [2.05, 4.69) is 16.0 Å². The summed E-state index contributed by atoms with van der Waals surface area (Å²) in [5.41, 5.74) is 0. The van der Waals surface area contributed by atoms with Crippen LogP contribution >= 0.6 is 0 Å². The SMILES string of the molecule is CCCNC(=O)C(C)NCC(=O)NC. The molecule has 0 spiro atoms. The summed E-state index contributed by atoms with van der Waals surface area (Å²) in [5.74, 6) is -0.198. The van der Waals surface area contributed by atoms with Gasteiger partial charge in [0.25, 0.3) is 0 Å². The number of amides is 2. The zero-order chi connectivity index (χ0) is 11.0. The topological polar surface area (TPSA) is 70.2 Å². The van der Waals surface area contributed by atoms with Gasteiger partial charge in [-0.05, 0) is 13.3 Å². The molecular formula is C9H19N3O2. The second kappa shape index (κ2) is 7.32. The molecule has 0 saturated carbocycles. The highest BCUT2D eigenvalue weighted by Crippen LogP contribution is 1.82. The maximum Gasteiger partial charge on any atom is 0.236 e. The monoisotopic (exact) mass is 201 g/mol. The first kappa shape index (κ1) is 12.9. The number of carbonyl (C=O) groups excluding carboxylic acids is 2. The van der Waals surface area contributed by atoms with E-state index in [1.165, 1.54) is 0 Å². The maximum absolute atomic E-state index is 11.3. The van der Waals surface area contributed by atoms with Gasteiger partial charge in [-0.3, -0.25) is 14.9 Å². The summed E-state index contributed by atoms with van der Waals surface area (Å²) in [6.07, 6.45) is 0.911. The molecule has 0 aromatic heterocycles. The van der Waals surface area contributed by atoms with Crippen molar-refractivity contribution in [3.05, 3.63) is 0 Å². The summed E-state index contributed by atoms with van der Waals surface area (Å²) in [4.78, 5) is 22.1. The van der Waals surface area contributed by atoms with Crippen LogP contribution in [0.2, 0.25) is 0 Å². The van der Waals surface area contributed by atoms with Crippen LogP contribution in [0.3, 0.4) is 0 Å². The average Bonchev–Trinajstić information content (AvgIpc) is 2.21. The molecule has 14 heavy (non-hydrogen) atoms. The molecule has 0 saturated heterocycles. The Morgan fingerprint density at radius 1 is 1.36 bits per heavy atom. The van der Waals surface area contributed by atoms with Crippen LogP contribution in [-0.4, -0.2) is 38.0 Å². The fraction of sp³-hybridized carbons (Fsp3) is 0.778. The first-order valence-electron chi connectivity index (χ1n) is 4.83. The number of hydrogen-bond donors (Lipinski definition) is 3. The minimum absolute atomic E-state index is 0.0734. The molecule has 0 aliphatic rings. The lowest BCUT2D eigenvalue weighted by molar-refractivity contribution is -0.123. The molecule has 0 heterocycles. The van der Waals surface area contributed by atoms with Crippen molar-refractivity contribution in [2.75, 3.05) is 20.1 Å². The first-order valence-corrected chi connectivity index (χ1v) is 4.83. The van der Waals surface area contributed by atoms with Crippen molar-refractivity contribution in [1.29, 1.82) is 0 Å². The van der Waals surface area contributed by atoms with E-state index >= 15 is 0 Å². The predicted molar refractivity (Wildman–Crippen MR) is 54.8 cm³/mol. The molecule has 0 aromatic carbocycles. The maximum atomic E-state index is 11.3. The van der Waals surface area contributed by atoms with E-state index in [4.69, 9.17) is 0 Å². The molecule has 0 aromatic rings.